The van der Waals surface area contributed by atoms with E-state index < -0.39 is 12.1 Å². The Bertz CT molecular complexity index is 1230. The van der Waals surface area contributed by atoms with Crippen LogP contribution in [0, 0.1) is 0 Å². The fourth-order valence-corrected chi connectivity index (χ4v) is 10.7. The number of aliphatic hydroxyl groups excluding tert-OH is 2. The SMILES string of the molecule is CCC/C=C\C/C=C\CCCCCCCC(=O)OCCCCCCCCCCCCCC/C=C\CCCCCCCCCCCCCCCCC(=O)NC(CO)C(O)CCCCCCCCCCCCCCCCCC. The Hall–Kier alpha value is -1.92. The molecule has 6 heteroatoms. The van der Waals surface area contributed by atoms with E-state index in [0.717, 1.165) is 51.4 Å². The summed E-state index contributed by atoms with van der Waals surface area (Å²) in [5.41, 5.74) is 0. The van der Waals surface area contributed by atoms with Crippen molar-refractivity contribution in [3.05, 3.63) is 36.5 Å². The van der Waals surface area contributed by atoms with Crippen molar-refractivity contribution in [3.63, 3.8) is 0 Å². The largest absolute Gasteiger partial charge is 0.466 e. The van der Waals surface area contributed by atoms with Gasteiger partial charge >= 0.3 is 5.97 Å². The van der Waals surface area contributed by atoms with Crippen LogP contribution in [0.3, 0.4) is 0 Å². The van der Waals surface area contributed by atoms with E-state index in [1.165, 1.54) is 289 Å². The van der Waals surface area contributed by atoms with Crippen molar-refractivity contribution >= 4 is 11.9 Å². The maximum absolute atomic E-state index is 12.5. The number of hydrogen-bond acceptors (Lipinski definition) is 5. The number of rotatable bonds is 64. The molecule has 6 nitrogen and oxygen atoms in total. The minimum atomic E-state index is -0.663. The van der Waals surface area contributed by atoms with E-state index in [0.29, 0.717) is 25.9 Å². The van der Waals surface area contributed by atoms with Crippen LogP contribution in [0.25, 0.3) is 0 Å². The molecule has 0 rings (SSSR count). The van der Waals surface area contributed by atoms with Crippen LogP contribution in [-0.2, 0) is 14.3 Å². The van der Waals surface area contributed by atoms with E-state index in [4.69, 9.17) is 4.74 Å². The zero-order chi connectivity index (χ0) is 55.0. The first-order chi connectivity index (χ1) is 37.5. The number of carbonyl (C=O) groups is 2. The molecule has 0 aliphatic carbocycles. The highest BCUT2D eigenvalue weighted by atomic mass is 16.5. The Morgan fingerprint density at radius 3 is 1.07 bits per heavy atom. The molecule has 0 fully saturated rings. The summed E-state index contributed by atoms with van der Waals surface area (Å²) in [5.74, 6) is -0.0289. The summed E-state index contributed by atoms with van der Waals surface area (Å²) in [6.07, 6.45) is 83.3. The molecule has 1 amide bonds. The van der Waals surface area contributed by atoms with Gasteiger partial charge in [-0.15, -0.1) is 0 Å². The fraction of sp³-hybridized carbons (Fsp3) is 0.886. The van der Waals surface area contributed by atoms with Crippen molar-refractivity contribution in [2.75, 3.05) is 13.2 Å². The Balaban J connectivity index is 3.37. The van der Waals surface area contributed by atoms with Crippen LogP contribution < -0.4 is 5.32 Å². The van der Waals surface area contributed by atoms with Gasteiger partial charge in [0.15, 0.2) is 0 Å². The summed E-state index contributed by atoms with van der Waals surface area (Å²) in [4.78, 5) is 24.5. The highest BCUT2D eigenvalue weighted by Crippen LogP contribution is 2.18. The number of aliphatic hydroxyl groups is 2. The lowest BCUT2D eigenvalue weighted by Gasteiger charge is -2.22. The van der Waals surface area contributed by atoms with Crippen LogP contribution in [0.2, 0.25) is 0 Å². The molecule has 0 radical (unpaired) electrons. The summed E-state index contributed by atoms with van der Waals surface area (Å²) in [6.45, 7) is 4.91. The molecule has 0 aromatic rings. The summed E-state index contributed by atoms with van der Waals surface area (Å²) < 4.78 is 5.47. The normalized spacial score (nSPS) is 12.7. The minimum absolute atomic E-state index is 0.00191. The molecule has 0 spiro atoms. The molecule has 448 valence electrons. The van der Waals surface area contributed by atoms with Gasteiger partial charge in [-0.3, -0.25) is 9.59 Å². The third-order valence-corrected chi connectivity index (χ3v) is 15.9. The third-order valence-electron chi connectivity index (χ3n) is 15.9. The fourth-order valence-electron chi connectivity index (χ4n) is 10.7. The summed E-state index contributed by atoms with van der Waals surface area (Å²) in [6, 6.07) is -0.540. The average Bonchev–Trinajstić information content (AvgIpc) is 3.42. The van der Waals surface area contributed by atoms with Crippen LogP contribution in [0.5, 0.6) is 0 Å². The maximum Gasteiger partial charge on any atom is 0.305 e. The number of esters is 1. The first-order valence-corrected chi connectivity index (χ1v) is 34.2. The molecule has 2 atom stereocenters. The summed E-state index contributed by atoms with van der Waals surface area (Å²) in [5, 5.41) is 23.3. The number of unbranched alkanes of at least 4 members (excludes halogenated alkanes) is 47. The molecule has 0 aromatic carbocycles. The van der Waals surface area contributed by atoms with E-state index in [9.17, 15) is 19.8 Å². The van der Waals surface area contributed by atoms with Gasteiger partial charge in [-0.25, -0.2) is 0 Å². The lowest BCUT2D eigenvalue weighted by Crippen LogP contribution is -2.45. The van der Waals surface area contributed by atoms with Gasteiger partial charge < -0.3 is 20.3 Å². The quantitative estimate of drug-likeness (QED) is 0.0320. The summed E-state index contributed by atoms with van der Waals surface area (Å²) in [7, 11) is 0. The number of carbonyl (C=O) groups excluding carboxylic acids is 2. The molecule has 2 unspecified atom stereocenters. The van der Waals surface area contributed by atoms with Gasteiger partial charge in [0.25, 0.3) is 0 Å². The Kier molecular flexibility index (Phi) is 63.9. The van der Waals surface area contributed by atoms with Gasteiger partial charge in [-0.05, 0) is 77.0 Å². The van der Waals surface area contributed by atoms with Gasteiger partial charge in [0.2, 0.25) is 5.91 Å². The van der Waals surface area contributed by atoms with Crippen molar-refractivity contribution < 1.29 is 24.5 Å². The van der Waals surface area contributed by atoms with Gasteiger partial charge in [0, 0.05) is 12.8 Å². The van der Waals surface area contributed by atoms with Crippen LogP contribution in [0.1, 0.15) is 373 Å². The van der Waals surface area contributed by atoms with Gasteiger partial charge in [0.1, 0.15) is 0 Å². The molecule has 0 bridgehead atoms. The van der Waals surface area contributed by atoms with E-state index in [1.54, 1.807) is 0 Å². The maximum atomic E-state index is 12.5. The topological polar surface area (TPSA) is 95.9 Å². The minimum Gasteiger partial charge on any atom is -0.466 e. The zero-order valence-corrected chi connectivity index (χ0v) is 51.3. The highest BCUT2D eigenvalue weighted by molar-refractivity contribution is 5.76. The average molecular weight is 1070 g/mol. The molecule has 0 aliphatic rings. The van der Waals surface area contributed by atoms with Gasteiger partial charge in [-0.1, -0.05) is 320 Å². The van der Waals surface area contributed by atoms with Crippen molar-refractivity contribution in [1.29, 1.82) is 0 Å². The van der Waals surface area contributed by atoms with Crippen molar-refractivity contribution in [1.82, 2.24) is 5.32 Å². The highest BCUT2D eigenvalue weighted by Gasteiger charge is 2.20. The second kappa shape index (κ2) is 65.6. The third kappa shape index (κ3) is 61.3. The standard InChI is InChI=1S/C70H133NO5/c1-3-5-7-9-11-13-15-17-18-35-39-42-46-50-54-58-62-68(73)67(66-72)71-69(74)63-59-55-51-47-43-40-36-33-31-29-27-25-23-21-19-20-22-24-26-28-30-32-34-37-41-45-49-53-57-61-65-76-70(75)64-60-56-52-48-44-38-16-14-12-10-8-6-4-2/h8,10,14,16,20,22,67-68,72-73H,3-7,9,11-13,15,17-19,21,23-66H2,1-2H3,(H,71,74)/b10-8-,16-14-,22-20-. The van der Waals surface area contributed by atoms with E-state index in [2.05, 4.69) is 55.6 Å². The van der Waals surface area contributed by atoms with Crippen molar-refractivity contribution in [2.24, 2.45) is 0 Å². The Morgan fingerprint density at radius 1 is 0.368 bits per heavy atom. The first kappa shape index (κ1) is 74.1. The van der Waals surface area contributed by atoms with Crippen molar-refractivity contribution in [3.8, 4) is 0 Å². The zero-order valence-electron chi connectivity index (χ0n) is 51.3. The molecular weight excluding hydrogens is 935 g/mol. The van der Waals surface area contributed by atoms with E-state index >= 15 is 0 Å². The Labute approximate surface area is 474 Å². The lowest BCUT2D eigenvalue weighted by molar-refractivity contribution is -0.143. The predicted octanol–water partition coefficient (Wildman–Crippen LogP) is 21.9. The number of hydrogen-bond donors (Lipinski definition) is 3. The van der Waals surface area contributed by atoms with E-state index in [1.807, 2.05) is 0 Å². The number of amides is 1. The molecule has 3 N–H and O–H groups in total. The second-order valence-corrected chi connectivity index (χ2v) is 23.5. The van der Waals surface area contributed by atoms with Crippen LogP contribution in [0.4, 0.5) is 0 Å². The molecule has 0 heterocycles. The predicted molar refractivity (Wildman–Crippen MR) is 333 cm³/mol. The van der Waals surface area contributed by atoms with Crippen LogP contribution >= 0.6 is 0 Å². The lowest BCUT2D eigenvalue weighted by atomic mass is 10.0. The number of nitrogens with one attached hydrogen (secondary N) is 1. The van der Waals surface area contributed by atoms with Crippen LogP contribution in [-0.4, -0.2) is 47.4 Å². The molecule has 0 aliphatic heterocycles. The van der Waals surface area contributed by atoms with E-state index in [-0.39, 0.29) is 18.5 Å². The monoisotopic (exact) mass is 1070 g/mol. The number of ether oxygens (including phenoxy) is 1. The second-order valence-electron chi connectivity index (χ2n) is 23.5. The van der Waals surface area contributed by atoms with Crippen molar-refractivity contribution in [2.45, 2.75) is 386 Å². The summed E-state index contributed by atoms with van der Waals surface area (Å²) >= 11 is 0. The molecule has 0 saturated carbocycles. The molecule has 0 saturated heterocycles. The Morgan fingerprint density at radius 2 is 0.684 bits per heavy atom. The first-order valence-electron chi connectivity index (χ1n) is 34.2. The van der Waals surface area contributed by atoms with Gasteiger partial charge in [-0.2, -0.15) is 0 Å². The van der Waals surface area contributed by atoms with Crippen LogP contribution in [0.15, 0.2) is 36.5 Å². The molecular formula is C70H133NO5. The smallest absolute Gasteiger partial charge is 0.305 e. The number of allylic oxidation sites excluding steroid dienone is 6. The molecule has 76 heavy (non-hydrogen) atoms. The van der Waals surface area contributed by atoms with Gasteiger partial charge in [0.05, 0.1) is 25.4 Å². The molecule has 0 aromatic heterocycles.